The van der Waals surface area contributed by atoms with Crippen LogP contribution in [0.2, 0.25) is 5.02 Å². The summed E-state index contributed by atoms with van der Waals surface area (Å²) in [5.74, 6) is -0.419. The van der Waals surface area contributed by atoms with Gasteiger partial charge in [0.25, 0.3) is 11.8 Å². The highest BCUT2D eigenvalue weighted by molar-refractivity contribution is 14.1. The van der Waals surface area contributed by atoms with E-state index >= 15 is 0 Å². The monoisotopic (exact) mass is 604 g/mol. The first-order chi connectivity index (χ1) is 13.7. The smallest absolute Gasteiger partial charge is 0.265 e. The maximum atomic E-state index is 12.5. The van der Waals surface area contributed by atoms with Gasteiger partial charge in [0, 0.05) is 17.7 Å². The van der Waals surface area contributed by atoms with Gasteiger partial charge >= 0.3 is 0 Å². The number of rotatable bonds is 4. The highest BCUT2D eigenvalue weighted by Gasteiger charge is 2.35. The van der Waals surface area contributed by atoms with Gasteiger partial charge in [0.15, 0.2) is 10.9 Å². The molecule has 1 aliphatic heterocycles. The van der Waals surface area contributed by atoms with E-state index < -0.39 is 11.8 Å². The Hall–Kier alpha value is -1.49. The molecular weight excluding hydrogens is 591 g/mol. The van der Waals surface area contributed by atoms with Crippen LogP contribution < -0.4 is 4.74 Å². The number of hydrogen-bond donors (Lipinski definition) is 0. The van der Waals surface area contributed by atoms with Crippen molar-refractivity contribution in [1.82, 2.24) is 9.80 Å². The van der Waals surface area contributed by atoms with E-state index in [1.807, 2.05) is 24.3 Å². The normalized spacial score (nSPS) is 14.5. The molecule has 0 aromatic heterocycles. The molecule has 2 amide bonds. The fourth-order valence-electron chi connectivity index (χ4n) is 2.68. The van der Waals surface area contributed by atoms with Crippen molar-refractivity contribution >= 4 is 85.3 Å². The first-order valence-electron chi connectivity index (χ1n) is 8.37. The van der Waals surface area contributed by atoms with E-state index in [-0.39, 0.29) is 10.7 Å². The highest BCUT2D eigenvalue weighted by atomic mass is 127. The molecule has 9 heteroatoms. The molecule has 0 spiro atoms. The molecule has 150 valence electrons. The lowest BCUT2D eigenvalue weighted by atomic mass is 10.1. The Morgan fingerprint density at radius 2 is 1.72 bits per heavy atom. The second-order valence-corrected chi connectivity index (χ2v) is 9.17. The number of halogens is 3. The van der Waals surface area contributed by atoms with Crippen molar-refractivity contribution in [3.63, 3.8) is 0 Å². The maximum Gasteiger partial charge on any atom is 0.265 e. The largest absolute Gasteiger partial charge is 0.486 e. The number of carbonyl (C=O) groups excluding carboxylic acids is 2. The zero-order valence-electron chi connectivity index (χ0n) is 15.4. The Bertz CT molecular complexity index is 994. The zero-order valence-corrected chi connectivity index (χ0v) is 20.7. The number of likely N-dealkylation sites (N-methyl/N-ethyl adjacent to an activating group) is 2. The molecule has 0 unspecified atom stereocenters. The second kappa shape index (κ2) is 9.11. The average molecular weight is 606 g/mol. The van der Waals surface area contributed by atoms with E-state index in [1.54, 1.807) is 12.1 Å². The Morgan fingerprint density at radius 1 is 1.14 bits per heavy atom. The molecule has 2 aromatic rings. The van der Waals surface area contributed by atoms with Crippen LogP contribution >= 0.6 is 62.3 Å². The molecule has 0 bridgehead atoms. The number of hydrogen-bond acceptors (Lipinski definition) is 4. The van der Waals surface area contributed by atoms with Crippen LogP contribution in [-0.4, -0.2) is 40.8 Å². The van der Waals surface area contributed by atoms with Crippen molar-refractivity contribution in [1.29, 1.82) is 0 Å². The SMILES string of the molecule is CN1C(=O)C(=Cc2cc(Cl)c(OCc3ccc(I)cc3)c(Br)c2)C(=O)N(C)C1=S. The third kappa shape index (κ3) is 4.82. The molecule has 0 aliphatic carbocycles. The number of thiocarbonyl (C=S) groups is 1. The van der Waals surface area contributed by atoms with Crippen molar-refractivity contribution in [3.05, 3.63) is 66.2 Å². The lowest BCUT2D eigenvalue weighted by molar-refractivity contribution is -0.132. The standard InChI is InChI=1S/C20H15BrClIN2O3S/c1-24-18(26)14(19(27)25(2)20(24)29)7-12-8-15(21)17(16(22)9-12)28-10-11-3-5-13(23)6-4-11/h3-9H,10H2,1-2H3. The van der Waals surface area contributed by atoms with Gasteiger partial charge in [-0.25, -0.2) is 0 Å². The summed E-state index contributed by atoms with van der Waals surface area (Å²) in [5.41, 5.74) is 1.62. The fourth-order valence-corrected chi connectivity index (χ4v) is 4.19. The predicted octanol–water partition coefficient (Wildman–Crippen LogP) is 4.88. The van der Waals surface area contributed by atoms with Crippen molar-refractivity contribution in [3.8, 4) is 5.75 Å². The molecule has 0 radical (unpaired) electrons. The minimum absolute atomic E-state index is 0.0131. The summed E-state index contributed by atoms with van der Waals surface area (Å²) in [7, 11) is 3.07. The molecule has 1 heterocycles. The first kappa shape index (κ1) is 22.2. The molecule has 3 rings (SSSR count). The van der Waals surface area contributed by atoms with E-state index in [1.165, 1.54) is 30.0 Å². The van der Waals surface area contributed by atoms with Crippen LogP contribution in [0.15, 0.2) is 46.4 Å². The van der Waals surface area contributed by atoms with Crippen LogP contribution in [0.4, 0.5) is 0 Å². The van der Waals surface area contributed by atoms with E-state index in [2.05, 4.69) is 38.5 Å². The Morgan fingerprint density at radius 3 is 2.28 bits per heavy atom. The van der Waals surface area contributed by atoms with Crippen molar-refractivity contribution in [2.45, 2.75) is 6.61 Å². The Kier molecular flexibility index (Phi) is 6.98. The number of carbonyl (C=O) groups is 2. The highest BCUT2D eigenvalue weighted by Crippen LogP contribution is 2.36. The average Bonchev–Trinajstić information content (AvgIpc) is 2.69. The van der Waals surface area contributed by atoms with Gasteiger partial charge in [-0.3, -0.25) is 19.4 Å². The van der Waals surface area contributed by atoms with Crippen molar-refractivity contribution in [2.75, 3.05) is 14.1 Å². The van der Waals surface area contributed by atoms with Crippen molar-refractivity contribution in [2.24, 2.45) is 0 Å². The summed E-state index contributed by atoms with van der Waals surface area (Å²) in [5, 5.41) is 0.528. The zero-order chi connectivity index (χ0) is 21.3. The minimum atomic E-state index is -0.454. The third-order valence-electron chi connectivity index (χ3n) is 4.27. The summed E-state index contributed by atoms with van der Waals surface area (Å²) in [6.07, 6.45) is 1.50. The summed E-state index contributed by atoms with van der Waals surface area (Å²) >= 11 is 17.2. The van der Waals surface area contributed by atoms with Gasteiger partial charge in [-0.1, -0.05) is 23.7 Å². The van der Waals surface area contributed by atoms with Crippen LogP contribution in [0, 0.1) is 3.57 Å². The van der Waals surface area contributed by atoms with Crippen LogP contribution in [-0.2, 0) is 16.2 Å². The van der Waals surface area contributed by atoms with E-state index in [0.717, 1.165) is 9.13 Å². The molecule has 0 saturated carbocycles. The number of nitrogens with zero attached hydrogens (tertiary/aromatic N) is 2. The molecule has 1 fully saturated rings. The van der Waals surface area contributed by atoms with Crippen LogP contribution in [0.1, 0.15) is 11.1 Å². The second-order valence-electron chi connectivity index (χ2n) is 6.30. The maximum absolute atomic E-state index is 12.5. The minimum Gasteiger partial charge on any atom is -0.486 e. The molecule has 29 heavy (non-hydrogen) atoms. The molecule has 0 N–H and O–H groups in total. The third-order valence-corrected chi connectivity index (χ3v) is 6.41. The number of amides is 2. The number of ether oxygens (including phenoxy) is 1. The quantitative estimate of drug-likeness (QED) is 0.216. The van der Waals surface area contributed by atoms with E-state index in [9.17, 15) is 9.59 Å². The fraction of sp³-hybridized carbons (Fsp3) is 0.150. The first-order valence-corrected chi connectivity index (χ1v) is 11.0. The lowest BCUT2D eigenvalue weighted by Crippen LogP contribution is -2.52. The van der Waals surface area contributed by atoms with E-state index in [4.69, 9.17) is 28.6 Å². The number of benzene rings is 2. The van der Waals surface area contributed by atoms with Gasteiger partial charge in [-0.2, -0.15) is 0 Å². The molecule has 5 nitrogen and oxygen atoms in total. The van der Waals surface area contributed by atoms with Gasteiger partial charge in [0.2, 0.25) is 0 Å². The van der Waals surface area contributed by atoms with E-state index in [0.29, 0.717) is 27.4 Å². The summed E-state index contributed by atoms with van der Waals surface area (Å²) in [4.78, 5) is 27.5. The van der Waals surface area contributed by atoms with Gasteiger partial charge in [-0.05, 0) is 92.2 Å². The predicted molar refractivity (Wildman–Crippen MR) is 129 cm³/mol. The topological polar surface area (TPSA) is 49.9 Å². The Balaban J connectivity index is 1.86. The van der Waals surface area contributed by atoms with Gasteiger partial charge < -0.3 is 4.74 Å². The van der Waals surface area contributed by atoms with Crippen molar-refractivity contribution < 1.29 is 14.3 Å². The molecule has 1 aliphatic rings. The Labute approximate surface area is 200 Å². The molecule has 1 saturated heterocycles. The summed E-state index contributed by atoms with van der Waals surface area (Å²) in [6, 6.07) is 11.4. The van der Waals surface area contributed by atoms with Gasteiger partial charge in [0.1, 0.15) is 12.2 Å². The van der Waals surface area contributed by atoms with Gasteiger partial charge in [0.05, 0.1) is 9.50 Å². The van der Waals surface area contributed by atoms with Crippen LogP contribution in [0.3, 0.4) is 0 Å². The molecular formula is C20H15BrClIN2O3S. The molecule has 2 aromatic carbocycles. The molecule has 0 atom stereocenters. The van der Waals surface area contributed by atoms with Gasteiger partial charge in [-0.15, -0.1) is 0 Å². The van der Waals surface area contributed by atoms with Crippen LogP contribution in [0.5, 0.6) is 5.75 Å². The summed E-state index contributed by atoms with van der Waals surface area (Å²) in [6.45, 7) is 0.361. The summed E-state index contributed by atoms with van der Waals surface area (Å²) < 4.78 is 7.63. The van der Waals surface area contributed by atoms with Crippen LogP contribution in [0.25, 0.3) is 6.08 Å². The lowest BCUT2D eigenvalue weighted by Gasteiger charge is -2.31.